The Morgan fingerprint density at radius 3 is 3.06 bits per heavy atom. The van der Waals surface area contributed by atoms with Crippen molar-refractivity contribution in [2.45, 2.75) is 32.2 Å². The van der Waals surface area contributed by atoms with Gasteiger partial charge in [-0.15, -0.1) is 0 Å². The smallest absolute Gasteiger partial charge is 0.134 e. The number of rotatable bonds is 2. The third kappa shape index (κ3) is 1.63. The number of nitrogens with one attached hydrogen (secondary N) is 1. The summed E-state index contributed by atoms with van der Waals surface area (Å²) in [6.45, 7) is 3.24. The number of fused-ring (bicyclic) bond motifs is 1. The second-order valence-electron chi connectivity index (χ2n) is 4.63. The van der Waals surface area contributed by atoms with Gasteiger partial charge >= 0.3 is 0 Å². The van der Waals surface area contributed by atoms with Crippen LogP contribution in [0.25, 0.3) is 11.0 Å². The number of hydrogen-bond acceptors (Lipinski definition) is 2. The second kappa shape index (κ2) is 3.95. The van der Waals surface area contributed by atoms with Crippen LogP contribution in [0.5, 0.6) is 0 Å². The quantitative estimate of drug-likeness (QED) is 0.833. The van der Waals surface area contributed by atoms with Gasteiger partial charge in [0.2, 0.25) is 0 Å². The summed E-state index contributed by atoms with van der Waals surface area (Å²) in [7, 11) is 0. The molecule has 0 aliphatic carbocycles. The maximum Gasteiger partial charge on any atom is 0.134 e. The lowest BCUT2D eigenvalue weighted by atomic mass is 10.0. The van der Waals surface area contributed by atoms with Crippen molar-refractivity contribution < 1.29 is 4.42 Å². The fourth-order valence-corrected chi connectivity index (χ4v) is 2.65. The largest absolute Gasteiger partial charge is 0.461 e. The molecule has 2 heteroatoms. The molecule has 2 heterocycles. The van der Waals surface area contributed by atoms with Crippen LogP contribution in [-0.4, -0.2) is 12.6 Å². The van der Waals surface area contributed by atoms with Crippen LogP contribution in [0.3, 0.4) is 0 Å². The molecule has 16 heavy (non-hydrogen) atoms. The third-order valence-electron chi connectivity index (χ3n) is 3.51. The number of aryl methyl sites for hydroxylation is 1. The molecule has 3 rings (SSSR count). The summed E-state index contributed by atoms with van der Waals surface area (Å²) < 4.78 is 5.78. The van der Waals surface area contributed by atoms with E-state index in [0.717, 1.165) is 17.8 Å². The van der Waals surface area contributed by atoms with E-state index in [9.17, 15) is 0 Å². The van der Waals surface area contributed by atoms with Crippen molar-refractivity contribution in [3.63, 3.8) is 0 Å². The number of furan rings is 1. The number of hydrogen-bond donors (Lipinski definition) is 1. The Hall–Kier alpha value is -1.28. The summed E-state index contributed by atoms with van der Waals surface area (Å²) in [5.41, 5.74) is 2.41. The van der Waals surface area contributed by atoms with Gasteiger partial charge in [-0.2, -0.15) is 0 Å². The van der Waals surface area contributed by atoms with Crippen LogP contribution < -0.4 is 5.32 Å². The van der Waals surface area contributed by atoms with Crippen LogP contribution >= 0.6 is 0 Å². The molecule has 1 N–H and O–H groups in total. The van der Waals surface area contributed by atoms with Gasteiger partial charge in [0.05, 0.1) is 0 Å². The Bertz CT molecular complexity index is 494. The van der Waals surface area contributed by atoms with E-state index in [4.69, 9.17) is 4.42 Å². The minimum absolute atomic E-state index is 0.639. The predicted octanol–water partition coefficient (Wildman–Crippen LogP) is 3.04. The summed E-state index contributed by atoms with van der Waals surface area (Å²) in [5.74, 6) is 1.08. The maximum atomic E-state index is 5.78. The van der Waals surface area contributed by atoms with E-state index >= 15 is 0 Å². The molecule has 1 atom stereocenters. The summed E-state index contributed by atoms with van der Waals surface area (Å²) in [6, 6.07) is 8.97. The van der Waals surface area contributed by atoms with Crippen molar-refractivity contribution in [3.05, 3.63) is 35.6 Å². The van der Waals surface area contributed by atoms with E-state index in [1.807, 2.05) is 12.1 Å². The SMILES string of the molecule is Cc1oc2ccccc2c1CC1CCCN1. The van der Waals surface area contributed by atoms with Crippen LogP contribution in [0, 0.1) is 6.92 Å². The zero-order chi connectivity index (χ0) is 11.0. The van der Waals surface area contributed by atoms with Crippen LogP contribution in [0.15, 0.2) is 28.7 Å². The maximum absolute atomic E-state index is 5.78. The monoisotopic (exact) mass is 215 g/mol. The van der Waals surface area contributed by atoms with Gasteiger partial charge in [-0.1, -0.05) is 18.2 Å². The lowest BCUT2D eigenvalue weighted by Crippen LogP contribution is -2.23. The molecule has 1 saturated heterocycles. The summed E-state index contributed by atoms with van der Waals surface area (Å²) in [6.07, 6.45) is 3.70. The first-order valence-electron chi connectivity index (χ1n) is 6.05. The van der Waals surface area contributed by atoms with Crippen molar-refractivity contribution in [2.75, 3.05) is 6.54 Å². The normalized spacial score (nSPS) is 20.7. The van der Waals surface area contributed by atoms with Gasteiger partial charge in [-0.3, -0.25) is 0 Å². The molecule has 2 nitrogen and oxygen atoms in total. The van der Waals surface area contributed by atoms with Crippen LogP contribution in [0.2, 0.25) is 0 Å². The highest BCUT2D eigenvalue weighted by Crippen LogP contribution is 2.27. The van der Waals surface area contributed by atoms with Gasteiger partial charge in [-0.05, 0) is 38.8 Å². The Labute approximate surface area is 95.6 Å². The van der Waals surface area contributed by atoms with E-state index in [1.54, 1.807) is 0 Å². The second-order valence-corrected chi connectivity index (χ2v) is 4.63. The Balaban J connectivity index is 1.98. The molecule has 0 radical (unpaired) electrons. The Morgan fingerprint density at radius 1 is 1.38 bits per heavy atom. The topological polar surface area (TPSA) is 25.2 Å². The predicted molar refractivity (Wildman–Crippen MR) is 65.7 cm³/mol. The first-order chi connectivity index (χ1) is 7.84. The van der Waals surface area contributed by atoms with Crippen LogP contribution in [0.4, 0.5) is 0 Å². The molecule has 2 aromatic rings. The number of benzene rings is 1. The molecule has 1 aliphatic rings. The zero-order valence-corrected chi connectivity index (χ0v) is 9.62. The molecule has 0 saturated carbocycles. The Morgan fingerprint density at radius 2 is 2.25 bits per heavy atom. The van der Waals surface area contributed by atoms with Gasteiger partial charge in [-0.25, -0.2) is 0 Å². The standard InChI is InChI=1S/C14H17NO/c1-10-13(9-11-5-4-8-15-11)12-6-2-3-7-14(12)16-10/h2-3,6-7,11,15H,4-5,8-9H2,1H3. The van der Waals surface area contributed by atoms with Gasteiger partial charge in [0.1, 0.15) is 11.3 Å². The molecular formula is C14H17NO. The van der Waals surface area contributed by atoms with E-state index in [2.05, 4.69) is 24.4 Å². The summed E-state index contributed by atoms with van der Waals surface area (Å²) >= 11 is 0. The van der Waals surface area contributed by atoms with E-state index in [1.165, 1.54) is 30.3 Å². The van der Waals surface area contributed by atoms with Crippen LogP contribution in [0.1, 0.15) is 24.2 Å². The van der Waals surface area contributed by atoms with Crippen molar-refractivity contribution in [1.82, 2.24) is 5.32 Å². The summed E-state index contributed by atoms with van der Waals surface area (Å²) in [5, 5.41) is 4.83. The molecule has 1 unspecified atom stereocenters. The van der Waals surface area contributed by atoms with E-state index in [0.29, 0.717) is 6.04 Å². The van der Waals surface area contributed by atoms with Gasteiger partial charge < -0.3 is 9.73 Å². The minimum atomic E-state index is 0.639. The number of para-hydroxylation sites is 1. The average molecular weight is 215 g/mol. The molecule has 0 amide bonds. The minimum Gasteiger partial charge on any atom is -0.461 e. The van der Waals surface area contributed by atoms with Gasteiger partial charge in [0.25, 0.3) is 0 Å². The molecule has 1 aromatic heterocycles. The fourth-order valence-electron chi connectivity index (χ4n) is 2.65. The van der Waals surface area contributed by atoms with Gasteiger partial charge in [0.15, 0.2) is 0 Å². The molecule has 0 spiro atoms. The van der Waals surface area contributed by atoms with Crippen molar-refractivity contribution in [3.8, 4) is 0 Å². The highest BCUT2D eigenvalue weighted by Gasteiger charge is 2.18. The highest BCUT2D eigenvalue weighted by atomic mass is 16.3. The molecular weight excluding hydrogens is 198 g/mol. The van der Waals surface area contributed by atoms with Crippen molar-refractivity contribution in [1.29, 1.82) is 0 Å². The van der Waals surface area contributed by atoms with E-state index < -0.39 is 0 Å². The molecule has 1 aliphatic heterocycles. The third-order valence-corrected chi connectivity index (χ3v) is 3.51. The van der Waals surface area contributed by atoms with Gasteiger partial charge in [0, 0.05) is 17.0 Å². The zero-order valence-electron chi connectivity index (χ0n) is 9.62. The fraction of sp³-hybridized carbons (Fsp3) is 0.429. The lowest BCUT2D eigenvalue weighted by molar-refractivity contribution is 0.554. The summed E-state index contributed by atoms with van der Waals surface area (Å²) in [4.78, 5) is 0. The van der Waals surface area contributed by atoms with Crippen molar-refractivity contribution in [2.24, 2.45) is 0 Å². The molecule has 1 aromatic carbocycles. The lowest BCUT2D eigenvalue weighted by Gasteiger charge is -2.09. The average Bonchev–Trinajstić information content (AvgIpc) is 2.89. The van der Waals surface area contributed by atoms with Crippen LogP contribution in [-0.2, 0) is 6.42 Å². The van der Waals surface area contributed by atoms with Crippen molar-refractivity contribution >= 4 is 11.0 Å². The Kier molecular flexibility index (Phi) is 2.44. The molecule has 0 bridgehead atoms. The highest BCUT2D eigenvalue weighted by molar-refractivity contribution is 5.82. The molecule has 84 valence electrons. The first-order valence-corrected chi connectivity index (χ1v) is 6.05. The first kappa shape index (κ1) is 9.91. The van der Waals surface area contributed by atoms with E-state index in [-0.39, 0.29) is 0 Å². The molecule has 1 fully saturated rings.